The van der Waals surface area contributed by atoms with Crippen LogP contribution in [0.4, 0.5) is 0 Å². The Morgan fingerprint density at radius 1 is 1.11 bits per heavy atom. The fourth-order valence-corrected chi connectivity index (χ4v) is 2.47. The van der Waals surface area contributed by atoms with E-state index in [0.717, 1.165) is 0 Å². The van der Waals surface area contributed by atoms with Crippen molar-refractivity contribution >= 4 is 10.4 Å². The van der Waals surface area contributed by atoms with Gasteiger partial charge in [0.15, 0.2) is 6.29 Å². The molecule has 1 heterocycles. The molecule has 0 unspecified atom stereocenters. The molecular formula is C10H20O8S. The van der Waals surface area contributed by atoms with Gasteiger partial charge in [0, 0.05) is 27.2 Å². The van der Waals surface area contributed by atoms with E-state index in [2.05, 4.69) is 4.18 Å². The predicted octanol–water partition coefficient (Wildman–Crippen LogP) is -0.157. The summed E-state index contributed by atoms with van der Waals surface area (Å²) < 4.78 is 55.4. The van der Waals surface area contributed by atoms with Gasteiger partial charge >= 0.3 is 10.4 Å². The van der Waals surface area contributed by atoms with E-state index in [1.807, 2.05) is 6.92 Å². The Labute approximate surface area is 112 Å². The Morgan fingerprint density at radius 3 is 2.11 bits per heavy atom. The van der Waals surface area contributed by atoms with Crippen molar-refractivity contribution in [3.63, 3.8) is 0 Å². The molecule has 1 aliphatic rings. The average Bonchev–Trinajstić information content (AvgIpc) is 2.35. The molecule has 1 N–H and O–H groups in total. The molecule has 0 aromatic heterocycles. The molecule has 0 aromatic rings. The molecule has 19 heavy (non-hydrogen) atoms. The van der Waals surface area contributed by atoms with Gasteiger partial charge in [-0.1, -0.05) is 6.92 Å². The third kappa shape index (κ3) is 4.35. The maximum atomic E-state index is 10.6. The quantitative estimate of drug-likeness (QED) is 0.676. The second-order valence-corrected chi connectivity index (χ2v) is 5.34. The zero-order valence-corrected chi connectivity index (χ0v) is 12.1. The first-order valence-electron chi connectivity index (χ1n) is 5.69. The van der Waals surface area contributed by atoms with Crippen LogP contribution in [0.15, 0.2) is 0 Å². The molecule has 1 fully saturated rings. The van der Waals surface area contributed by atoms with E-state index < -0.39 is 28.9 Å². The minimum Gasteiger partial charge on any atom is -0.378 e. The third-order valence-electron chi connectivity index (χ3n) is 3.16. The summed E-state index contributed by atoms with van der Waals surface area (Å²) in [6.07, 6.45) is -2.10. The largest absolute Gasteiger partial charge is 0.397 e. The van der Waals surface area contributed by atoms with Crippen LogP contribution in [0.2, 0.25) is 0 Å². The summed E-state index contributed by atoms with van der Waals surface area (Å²) in [5, 5.41) is 0. The van der Waals surface area contributed by atoms with Crippen LogP contribution in [-0.2, 0) is 33.5 Å². The van der Waals surface area contributed by atoms with Crippen LogP contribution < -0.4 is 0 Å². The Morgan fingerprint density at radius 2 is 1.68 bits per heavy atom. The van der Waals surface area contributed by atoms with Gasteiger partial charge in [-0.05, 0) is 0 Å². The normalized spacial score (nSPS) is 36.4. The molecule has 8 nitrogen and oxygen atoms in total. The highest BCUT2D eigenvalue weighted by Crippen LogP contribution is 2.30. The lowest BCUT2D eigenvalue weighted by molar-refractivity contribution is -0.288. The highest BCUT2D eigenvalue weighted by Gasteiger charge is 2.45. The van der Waals surface area contributed by atoms with E-state index in [1.54, 1.807) is 0 Å². The van der Waals surface area contributed by atoms with Gasteiger partial charge in [-0.25, -0.2) is 4.18 Å². The average molecular weight is 300 g/mol. The van der Waals surface area contributed by atoms with Gasteiger partial charge < -0.3 is 18.9 Å². The van der Waals surface area contributed by atoms with Gasteiger partial charge in [-0.3, -0.25) is 4.55 Å². The minimum atomic E-state index is -4.51. The van der Waals surface area contributed by atoms with Crippen LogP contribution in [-0.4, -0.2) is 65.5 Å². The van der Waals surface area contributed by atoms with Crippen molar-refractivity contribution < 1.29 is 36.1 Å². The van der Waals surface area contributed by atoms with Crippen LogP contribution in [0, 0.1) is 5.92 Å². The molecule has 114 valence electrons. The van der Waals surface area contributed by atoms with Gasteiger partial charge in [0.1, 0.15) is 6.10 Å². The molecule has 0 bridgehead atoms. The zero-order valence-electron chi connectivity index (χ0n) is 11.3. The zero-order chi connectivity index (χ0) is 14.6. The lowest BCUT2D eigenvalue weighted by Gasteiger charge is -2.43. The first kappa shape index (κ1) is 16.8. The molecule has 0 saturated carbocycles. The van der Waals surface area contributed by atoms with Gasteiger partial charge in [-0.2, -0.15) is 8.42 Å². The Hall–Kier alpha value is -0.290. The first-order chi connectivity index (χ1) is 8.84. The summed E-state index contributed by atoms with van der Waals surface area (Å²) in [4.78, 5) is 0. The Bertz CT molecular complexity index is 370. The molecule has 0 spiro atoms. The van der Waals surface area contributed by atoms with Crippen molar-refractivity contribution in [3.8, 4) is 0 Å². The summed E-state index contributed by atoms with van der Waals surface area (Å²) in [7, 11) is -0.0353. The SMILES string of the molecule is CO[C@@H]1O[C@H](COS(=O)(=O)O)[C@@H](C)[C@@H](OC)[C@H]1OC. The molecular weight excluding hydrogens is 280 g/mol. The van der Waals surface area contributed by atoms with Crippen molar-refractivity contribution in [1.29, 1.82) is 0 Å². The second-order valence-electron chi connectivity index (χ2n) is 4.25. The minimum absolute atomic E-state index is 0.205. The van der Waals surface area contributed by atoms with Gasteiger partial charge in [0.25, 0.3) is 0 Å². The lowest BCUT2D eigenvalue weighted by Crippen LogP contribution is -2.56. The number of ether oxygens (including phenoxy) is 4. The van der Waals surface area contributed by atoms with Crippen molar-refractivity contribution in [2.24, 2.45) is 5.92 Å². The molecule has 0 amide bonds. The Balaban J connectivity index is 2.78. The van der Waals surface area contributed by atoms with E-state index in [0.29, 0.717) is 0 Å². The molecule has 0 aromatic carbocycles. The van der Waals surface area contributed by atoms with Crippen LogP contribution >= 0.6 is 0 Å². The number of hydrogen-bond acceptors (Lipinski definition) is 7. The topological polar surface area (TPSA) is 101 Å². The summed E-state index contributed by atoms with van der Waals surface area (Å²) >= 11 is 0. The maximum Gasteiger partial charge on any atom is 0.397 e. The van der Waals surface area contributed by atoms with Crippen molar-refractivity contribution in [1.82, 2.24) is 0 Å². The monoisotopic (exact) mass is 300 g/mol. The predicted molar refractivity (Wildman–Crippen MR) is 63.9 cm³/mol. The first-order valence-corrected chi connectivity index (χ1v) is 7.06. The van der Waals surface area contributed by atoms with Crippen LogP contribution in [0.5, 0.6) is 0 Å². The van der Waals surface area contributed by atoms with Gasteiger partial charge in [0.2, 0.25) is 0 Å². The molecule has 5 atom stereocenters. The van der Waals surface area contributed by atoms with Crippen molar-refractivity contribution in [3.05, 3.63) is 0 Å². The highest BCUT2D eigenvalue weighted by atomic mass is 32.3. The molecule has 1 saturated heterocycles. The lowest BCUT2D eigenvalue weighted by atomic mass is 9.90. The molecule has 0 aliphatic carbocycles. The van der Waals surface area contributed by atoms with Crippen molar-refractivity contribution in [2.75, 3.05) is 27.9 Å². The molecule has 1 rings (SSSR count). The van der Waals surface area contributed by atoms with Crippen LogP contribution in [0.25, 0.3) is 0 Å². The highest BCUT2D eigenvalue weighted by molar-refractivity contribution is 7.80. The van der Waals surface area contributed by atoms with Gasteiger partial charge in [-0.15, -0.1) is 0 Å². The summed E-state index contributed by atoms with van der Waals surface area (Å²) in [5.74, 6) is -0.205. The fraction of sp³-hybridized carbons (Fsp3) is 1.00. The number of rotatable bonds is 6. The summed E-state index contributed by atoms with van der Waals surface area (Å²) in [5.41, 5.74) is 0. The van der Waals surface area contributed by atoms with Gasteiger partial charge in [0.05, 0.1) is 18.8 Å². The number of methoxy groups -OCH3 is 3. The Kier molecular flexibility index (Phi) is 6.12. The third-order valence-corrected chi connectivity index (χ3v) is 3.60. The summed E-state index contributed by atoms with van der Waals surface area (Å²) in [6.45, 7) is 1.49. The second kappa shape index (κ2) is 6.93. The maximum absolute atomic E-state index is 10.6. The van der Waals surface area contributed by atoms with E-state index in [-0.39, 0.29) is 18.6 Å². The van der Waals surface area contributed by atoms with Crippen LogP contribution in [0.3, 0.4) is 0 Å². The van der Waals surface area contributed by atoms with E-state index >= 15 is 0 Å². The van der Waals surface area contributed by atoms with Crippen molar-refractivity contribution in [2.45, 2.75) is 31.5 Å². The fourth-order valence-electron chi connectivity index (χ4n) is 2.17. The van der Waals surface area contributed by atoms with E-state index in [9.17, 15) is 8.42 Å². The summed E-state index contributed by atoms with van der Waals surface area (Å²) in [6, 6.07) is 0. The molecule has 1 aliphatic heterocycles. The van der Waals surface area contributed by atoms with E-state index in [4.69, 9.17) is 23.5 Å². The molecule has 9 heteroatoms. The van der Waals surface area contributed by atoms with E-state index in [1.165, 1.54) is 21.3 Å². The standard InChI is InChI=1S/C10H20O8S/c1-6-7(5-17-19(11,12)13)18-10(16-4)9(15-3)8(6)14-2/h6-10H,5H2,1-4H3,(H,11,12,13)/t6-,7-,8-,9-,10-/m1/s1. The number of hydrogen-bond donors (Lipinski definition) is 1. The smallest absolute Gasteiger partial charge is 0.378 e. The molecule has 0 radical (unpaired) electrons. The van der Waals surface area contributed by atoms with Crippen LogP contribution in [0.1, 0.15) is 6.92 Å².